The molecule has 6 nitrogen and oxygen atoms in total. The van der Waals surface area contributed by atoms with E-state index in [-0.39, 0.29) is 5.91 Å². The minimum Gasteiger partial charge on any atom is -0.495 e. The molecule has 1 fully saturated rings. The minimum atomic E-state index is 0.0211. The van der Waals surface area contributed by atoms with Crippen molar-refractivity contribution in [2.24, 2.45) is 0 Å². The lowest BCUT2D eigenvalue weighted by Gasteiger charge is -2.34. The molecule has 0 radical (unpaired) electrons. The number of hydrogen-bond acceptors (Lipinski definition) is 5. The first-order valence-corrected chi connectivity index (χ1v) is 9.25. The molecule has 0 unspecified atom stereocenters. The lowest BCUT2D eigenvalue weighted by Crippen LogP contribution is -2.47. The van der Waals surface area contributed by atoms with E-state index >= 15 is 0 Å². The SMILES string of the molecule is COc1cncc(-c2cccc(C(=O)N(C)C[C@@H](C)N3CCOCC3)c2)c1. The first kappa shape index (κ1) is 19.3. The van der Waals surface area contributed by atoms with Crippen LogP contribution in [0.5, 0.6) is 5.75 Å². The Labute approximate surface area is 160 Å². The molecule has 0 aliphatic carbocycles. The average molecular weight is 369 g/mol. The van der Waals surface area contributed by atoms with Gasteiger partial charge in [-0.25, -0.2) is 0 Å². The van der Waals surface area contributed by atoms with Gasteiger partial charge in [0.1, 0.15) is 5.75 Å². The van der Waals surface area contributed by atoms with Crippen LogP contribution in [-0.2, 0) is 4.74 Å². The van der Waals surface area contributed by atoms with Gasteiger partial charge in [-0.15, -0.1) is 0 Å². The molecule has 27 heavy (non-hydrogen) atoms. The third-order valence-electron chi connectivity index (χ3n) is 4.95. The molecule has 1 amide bonds. The summed E-state index contributed by atoms with van der Waals surface area (Å²) >= 11 is 0. The van der Waals surface area contributed by atoms with Crippen molar-refractivity contribution in [1.29, 1.82) is 0 Å². The maximum atomic E-state index is 12.9. The van der Waals surface area contributed by atoms with Gasteiger partial charge in [0.05, 0.1) is 26.5 Å². The van der Waals surface area contributed by atoms with Gasteiger partial charge < -0.3 is 14.4 Å². The van der Waals surface area contributed by atoms with Crippen molar-refractivity contribution < 1.29 is 14.3 Å². The van der Waals surface area contributed by atoms with Crippen molar-refractivity contribution >= 4 is 5.91 Å². The van der Waals surface area contributed by atoms with Gasteiger partial charge in [-0.3, -0.25) is 14.7 Å². The number of amides is 1. The van der Waals surface area contributed by atoms with Crippen molar-refractivity contribution in [1.82, 2.24) is 14.8 Å². The van der Waals surface area contributed by atoms with Crippen molar-refractivity contribution in [3.63, 3.8) is 0 Å². The summed E-state index contributed by atoms with van der Waals surface area (Å²) in [7, 11) is 3.48. The number of carbonyl (C=O) groups is 1. The summed E-state index contributed by atoms with van der Waals surface area (Å²) in [5.74, 6) is 0.716. The number of morpholine rings is 1. The Hall–Kier alpha value is -2.44. The number of ether oxygens (including phenoxy) is 2. The highest BCUT2D eigenvalue weighted by atomic mass is 16.5. The first-order chi connectivity index (χ1) is 13.1. The van der Waals surface area contributed by atoms with Gasteiger partial charge in [0.15, 0.2) is 0 Å². The van der Waals surface area contributed by atoms with Gasteiger partial charge in [0.2, 0.25) is 0 Å². The minimum absolute atomic E-state index is 0.0211. The van der Waals surface area contributed by atoms with Crippen LogP contribution >= 0.6 is 0 Å². The van der Waals surface area contributed by atoms with Crippen LogP contribution in [0, 0.1) is 0 Å². The lowest BCUT2D eigenvalue weighted by atomic mass is 10.0. The predicted octanol–water partition coefficient (Wildman–Crippen LogP) is 2.55. The smallest absolute Gasteiger partial charge is 0.253 e. The van der Waals surface area contributed by atoms with E-state index in [0.717, 1.165) is 37.4 Å². The van der Waals surface area contributed by atoms with Gasteiger partial charge in [0, 0.05) is 50.0 Å². The number of pyridine rings is 1. The van der Waals surface area contributed by atoms with Crippen molar-refractivity contribution in [3.05, 3.63) is 48.3 Å². The van der Waals surface area contributed by atoms with E-state index in [4.69, 9.17) is 9.47 Å². The molecular weight excluding hydrogens is 342 g/mol. The fraction of sp³-hybridized carbons (Fsp3) is 0.429. The van der Waals surface area contributed by atoms with Gasteiger partial charge in [-0.05, 0) is 30.7 Å². The Morgan fingerprint density at radius 1 is 1.26 bits per heavy atom. The van der Waals surface area contributed by atoms with Gasteiger partial charge in [0.25, 0.3) is 5.91 Å². The van der Waals surface area contributed by atoms with E-state index in [0.29, 0.717) is 23.9 Å². The zero-order chi connectivity index (χ0) is 19.2. The summed E-state index contributed by atoms with van der Waals surface area (Å²) in [5, 5.41) is 0. The quantitative estimate of drug-likeness (QED) is 0.783. The summed E-state index contributed by atoms with van der Waals surface area (Å²) in [5.41, 5.74) is 2.54. The average Bonchev–Trinajstić information content (AvgIpc) is 2.73. The molecule has 1 aliphatic heterocycles. The standard InChI is InChI=1S/C21H27N3O3/c1-16(24-7-9-27-10-8-24)15-23(2)21(25)18-6-4-5-17(11-18)19-12-20(26-3)14-22-13-19/h4-6,11-14,16H,7-10,15H2,1-3H3/t16-/m1/s1. The summed E-state index contributed by atoms with van der Waals surface area (Å²) in [6.07, 6.45) is 3.44. The van der Waals surface area contributed by atoms with Crippen LogP contribution in [0.2, 0.25) is 0 Å². The Kier molecular flexibility index (Phi) is 6.42. The van der Waals surface area contributed by atoms with Crippen LogP contribution in [-0.4, -0.2) is 73.7 Å². The second-order valence-electron chi connectivity index (χ2n) is 6.88. The second-order valence-corrected chi connectivity index (χ2v) is 6.88. The molecule has 2 heterocycles. The zero-order valence-corrected chi connectivity index (χ0v) is 16.2. The summed E-state index contributed by atoms with van der Waals surface area (Å²) < 4.78 is 10.6. The Morgan fingerprint density at radius 2 is 2.04 bits per heavy atom. The molecule has 0 bridgehead atoms. The maximum absolute atomic E-state index is 12.9. The number of hydrogen-bond donors (Lipinski definition) is 0. The van der Waals surface area contributed by atoms with Gasteiger partial charge >= 0.3 is 0 Å². The highest BCUT2D eigenvalue weighted by Gasteiger charge is 2.21. The topological polar surface area (TPSA) is 54.9 Å². The van der Waals surface area contributed by atoms with Crippen LogP contribution < -0.4 is 4.74 Å². The number of rotatable bonds is 6. The molecule has 2 aromatic rings. The van der Waals surface area contributed by atoms with E-state index in [1.807, 2.05) is 37.4 Å². The first-order valence-electron chi connectivity index (χ1n) is 9.25. The van der Waals surface area contributed by atoms with E-state index in [1.165, 1.54) is 0 Å². The number of methoxy groups -OCH3 is 1. The molecule has 1 saturated heterocycles. The molecular formula is C21H27N3O3. The maximum Gasteiger partial charge on any atom is 0.253 e. The molecule has 1 aromatic heterocycles. The number of aromatic nitrogens is 1. The Balaban J connectivity index is 1.70. The van der Waals surface area contributed by atoms with Crippen LogP contribution in [0.15, 0.2) is 42.7 Å². The summed E-state index contributed by atoms with van der Waals surface area (Å²) in [4.78, 5) is 21.3. The Morgan fingerprint density at radius 3 is 2.78 bits per heavy atom. The highest BCUT2D eigenvalue weighted by molar-refractivity contribution is 5.95. The summed E-state index contributed by atoms with van der Waals surface area (Å²) in [6.45, 7) is 6.21. The molecule has 0 spiro atoms. The van der Waals surface area contributed by atoms with Gasteiger partial charge in [-0.2, -0.15) is 0 Å². The summed E-state index contributed by atoms with van der Waals surface area (Å²) in [6, 6.07) is 9.86. The molecule has 1 aliphatic rings. The molecule has 1 aromatic carbocycles. The number of carbonyl (C=O) groups excluding carboxylic acids is 1. The van der Waals surface area contributed by atoms with Gasteiger partial charge in [-0.1, -0.05) is 12.1 Å². The van der Waals surface area contributed by atoms with Crippen molar-refractivity contribution in [3.8, 4) is 16.9 Å². The largest absolute Gasteiger partial charge is 0.495 e. The van der Waals surface area contributed by atoms with E-state index < -0.39 is 0 Å². The molecule has 3 rings (SSSR count). The van der Waals surface area contributed by atoms with E-state index in [9.17, 15) is 4.79 Å². The second kappa shape index (κ2) is 8.97. The Bertz CT molecular complexity index is 775. The molecule has 1 atom stereocenters. The van der Waals surface area contributed by atoms with Crippen molar-refractivity contribution in [2.45, 2.75) is 13.0 Å². The van der Waals surface area contributed by atoms with Crippen LogP contribution in [0.25, 0.3) is 11.1 Å². The molecule has 144 valence electrons. The highest BCUT2D eigenvalue weighted by Crippen LogP contribution is 2.23. The van der Waals surface area contributed by atoms with Crippen LogP contribution in [0.3, 0.4) is 0 Å². The number of likely N-dealkylation sites (N-methyl/N-ethyl adjacent to an activating group) is 1. The fourth-order valence-electron chi connectivity index (χ4n) is 3.35. The molecule has 0 N–H and O–H groups in total. The lowest BCUT2D eigenvalue weighted by molar-refractivity contribution is 0.0142. The monoisotopic (exact) mass is 369 g/mol. The van der Waals surface area contributed by atoms with Crippen LogP contribution in [0.4, 0.5) is 0 Å². The fourth-order valence-corrected chi connectivity index (χ4v) is 3.35. The normalized spacial score (nSPS) is 16.0. The van der Waals surface area contributed by atoms with E-state index in [2.05, 4.69) is 16.8 Å². The molecule has 6 heteroatoms. The van der Waals surface area contributed by atoms with Crippen LogP contribution in [0.1, 0.15) is 17.3 Å². The number of benzene rings is 1. The third kappa shape index (κ3) is 4.84. The number of nitrogens with zero attached hydrogens (tertiary/aromatic N) is 3. The van der Waals surface area contributed by atoms with Crippen molar-refractivity contribution in [2.75, 3.05) is 47.0 Å². The predicted molar refractivity (Wildman–Crippen MR) is 105 cm³/mol. The van der Waals surface area contributed by atoms with E-state index in [1.54, 1.807) is 24.4 Å². The zero-order valence-electron chi connectivity index (χ0n) is 16.2. The molecule has 0 saturated carbocycles. The third-order valence-corrected chi connectivity index (χ3v) is 4.95.